The van der Waals surface area contributed by atoms with Crippen molar-refractivity contribution in [2.45, 2.75) is 37.5 Å². The summed E-state index contributed by atoms with van der Waals surface area (Å²) in [4.78, 5) is 6.44. The molecule has 0 radical (unpaired) electrons. The van der Waals surface area contributed by atoms with E-state index in [1.54, 1.807) is 23.6 Å². The van der Waals surface area contributed by atoms with Gasteiger partial charge in [0.15, 0.2) is 5.82 Å². The Balaban J connectivity index is 1.31. The van der Waals surface area contributed by atoms with Crippen LogP contribution in [-0.4, -0.2) is 41.3 Å². The fourth-order valence-corrected chi connectivity index (χ4v) is 4.26. The number of thiophene rings is 1. The first-order valence-electron chi connectivity index (χ1n) is 8.37. The van der Waals surface area contributed by atoms with Gasteiger partial charge in [-0.15, -0.1) is 0 Å². The highest BCUT2D eigenvalue weighted by atomic mass is 32.1. The van der Waals surface area contributed by atoms with Gasteiger partial charge in [-0.3, -0.25) is 4.90 Å². The SMILES string of the molecule is Fc1cccnc1OC1COC2(CCN(Cc3ccsc3)CC2)C1. The lowest BCUT2D eigenvalue weighted by Crippen LogP contribution is -2.44. The number of rotatable bonds is 4. The molecule has 0 bridgehead atoms. The predicted molar refractivity (Wildman–Crippen MR) is 90.7 cm³/mol. The highest BCUT2D eigenvalue weighted by Gasteiger charge is 2.43. The third-order valence-corrected chi connectivity index (χ3v) is 5.66. The number of halogens is 1. The summed E-state index contributed by atoms with van der Waals surface area (Å²) in [6, 6.07) is 5.13. The van der Waals surface area contributed by atoms with Gasteiger partial charge in [-0.2, -0.15) is 11.3 Å². The number of pyridine rings is 1. The summed E-state index contributed by atoms with van der Waals surface area (Å²) in [5, 5.41) is 4.33. The Kier molecular flexibility index (Phi) is 4.52. The lowest BCUT2D eigenvalue weighted by molar-refractivity contribution is -0.0455. The monoisotopic (exact) mass is 348 g/mol. The van der Waals surface area contributed by atoms with Crippen LogP contribution in [0.5, 0.6) is 5.88 Å². The van der Waals surface area contributed by atoms with Crippen LogP contribution < -0.4 is 4.74 Å². The van der Waals surface area contributed by atoms with Crippen molar-refractivity contribution in [1.82, 2.24) is 9.88 Å². The second kappa shape index (κ2) is 6.78. The van der Waals surface area contributed by atoms with E-state index in [2.05, 4.69) is 26.7 Å². The second-order valence-corrected chi connectivity index (χ2v) is 7.42. The number of hydrogen-bond acceptors (Lipinski definition) is 5. The Bertz CT molecular complexity index is 671. The second-order valence-electron chi connectivity index (χ2n) is 6.64. The van der Waals surface area contributed by atoms with Gasteiger partial charge in [0.2, 0.25) is 0 Å². The molecule has 4 rings (SSSR count). The summed E-state index contributed by atoms with van der Waals surface area (Å²) in [7, 11) is 0. The molecule has 2 aromatic rings. The van der Waals surface area contributed by atoms with Crippen molar-refractivity contribution >= 4 is 11.3 Å². The van der Waals surface area contributed by atoms with Gasteiger partial charge in [0.1, 0.15) is 6.10 Å². The molecule has 1 unspecified atom stereocenters. The predicted octanol–water partition coefficient (Wildman–Crippen LogP) is 3.48. The average molecular weight is 348 g/mol. The first-order valence-corrected chi connectivity index (χ1v) is 9.31. The fraction of sp³-hybridized carbons (Fsp3) is 0.500. The minimum atomic E-state index is -0.413. The van der Waals surface area contributed by atoms with Gasteiger partial charge in [0, 0.05) is 32.3 Å². The zero-order chi connectivity index (χ0) is 16.4. The molecule has 1 spiro atoms. The molecule has 2 aliphatic heterocycles. The Morgan fingerprint density at radius 1 is 1.38 bits per heavy atom. The zero-order valence-corrected chi connectivity index (χ0v) is 14.3. The van der Waals surface area contributed by atoms with E-state index in [1.165, 1.54) is 11.6 Å². The van der Waals surface area contributed by atoms with Crippen LogP contribution in [0.25, 0.3) is 0 Å². The molecule has 1 atom stereocenters. The van der Waals surface area contributed by atoms with Crippen LogP contribution in [0.1, 0.15) is 24.8 Å². The number of nitrogens with zero attached hydrogens (tertiary/aromatic N) is 2. The minimum Gasteiger partial charge on any atom is -0.470 e. The van der Waals surface area contributed by atoms with Crippen molar-refractivity contribution < 1.29 is 13.9 Å². The normalized spacial score (nSPS) is 23.6. The van der Waals surface area contributed by atoms with Crippen LogP contribution in [0.4, 0.5) is 4.39 Å². The van der Waals surface area contributed by atoms with E-state index in [9.17, 15) is 4.39 Å². The average Bonchev–Trinajstić information content (AvgIpc) is 3.23. The Morgan fingerprint density at radius 3 is 3.00 bits per heavy atom. The first-order chi connectivity index (χ1) is 11.7. The standard InChI is InChI=1S/C18H21FN2O2S/c19-16-2-1-6-20-17(16)23-15-10-18(22-12-15)4-7-21(8-5-18)11-14-3-9-24-13-14/h1-3,6,9,13,15H,4-5,7-8,10-12H2. The van der Waals surface area contributed by atoms with Gasteiger partial charge in [0.25, 0.3) is 5.88 Å². The maximum Gasteiger partial charge on any atom is 0.250 e. The van der Waals surface area contributed by atoms with Gasteiger partial charge in [0.05, 0.1) is 12.2 Å². The van der Waals surface area contributed by atoms with Crippen molar-refractivity contribution in [3.05, 3.63) is 46.5 Å². The summed E-state index contributed by atoms with van der Waals surface area (Å²) in [6.45, 7) is 3.58. The smallest absolute Gasteiger partial charge is 0.250 e. The molecule has 2 fully saturated rings. The van der Waals surface area contributed by atoms with E-state index in [0.717, 1.165) is 38.9 Å². The van der Waals surface area contributed by atoms with E-state index >= 15 is 0 Å². The molecule has 24 heavy (non-hydrogen) atoms. The molecule has 2 aromatic heterocycles. The number of likely N-dealkylation sites (tertiary alicyclic amines) is 1. The van der Waals surface area contributed by atoms with Crippen LogP contribution in [0.2, 0.25) is 0 Å². The van der Waals surface area contributed by atoms with E-state index in [4.69, 9.17) is 9.47 Å². The molecule has 2 aliphatic rings. The van der Waals surface area contributed by atoms with Crippen LogP contribution in [-0.2, 0) is 11.3 Å². The van der Waals surface area contributed by atoms with Gasteiger partial charge in [-0.25, -0.2) is 9.37 Å². The van der Waals surface area contributed by atoms with Crippen molar-refractivity contribution in [2.24, 2.45) is 0 Å². The summed E-state index contributed by atoms with van der Waals surface area (Å²) >= 11 is 1.74. The quantitative estimate of drug-likeness (QED) is 0.847. The molecule has 0 aliphatic carbocycles. The van der Waals surface area contributed by atoms with E-state index in [-0.39, 0.29) is 17.6 Å². The highest BCUT2D eigenvalue weighted by molar-refractivity contribution is 7.07. The molecule has 0 N–H and O–H groups in total. The van der Waals surface area contributed by atoms with Crippen molar-refractivity contribution in [3.63, 3.8) is 0 Å². The largest absolute Gasteiger partial charge is 0.470 e. The lowest BCUT2D eigenvalue weighted by Gasteiger charge is -2.38. The lowest BCUT2D eigenvalue weighted by atomic mass is 9.88. The van der Waals surface area contributed by atoms with E-state index in [0.29, 0.717) is 6.61 Å². The number of hydrogen-bond donors (Lipinski definition) is 0. The summed E-state index contributed by atoms with van der Waals surface area (Å²) < 4.78 is 25.5. The Labute approximate surface area is 145 Å². The summed E-state index contributed by atoms with van der Waals surface area (Å²) in [5.41, 5.74) is 1.27. The molecular formula is C18H21FN2O2S. The molecule has 0 saturated carbocycles. The Hall–Kier alpha value is -1.50. The fourth-order valence-electron chi connectivity index (χ4n) is 3.60. The molecule has 2 saturated heterocycles. The van der Waals surface area contributed by atoms with Crippen LogP contribution in [0.3, 0.4) is 0 Å². The van der Waals surface area contributed by atoms with Crippen LogP contribution in [0.15, 0.2) is 35.2 Å². The third kappa shape index (κ3) is 3.45. The highest BCUT2D eigenvalue weighted by Crippen LogP contribution is 2.37. The van der Waals surface area contributed by atoms with Crippen LogP contribution in [0, 0.1) is 5.82 Å². The zero-order valence-electron chi connectivity index (χ0n) is 13.5. The van der Waals surface area contributed by atoms with Gasteiger partial charge >= 0.3 is 0 Å². The number of aromatic nitrogens is 1. The molecule has 4 nitrogen and oxygen atoms in total. The Morgan fingerprint density at radius 2 is 2.25 bits per heavy atom. The van der Waals surface area contributed by atoms with Crippen molar-refractivity contribution in [2.75, 3.05) is 19.7 Å². The van der Waals surface area contributed by atoms with Gasteiger partial charge in [-0.1, -0.05) is 0 Å². The number of ether oxygens (including phenoxy) is 2. The summed E-state index contributed by atoms with van der Waals surface area (Å²) in [6.07, 6.45) is 4.25. The first kappa shape index (κ1) is 16.0. The summed E-state index contributed by atoms with van der Waals surface area (Å²) in [5.74, 6) is -0.331. The molecule has 4 heterocycles. The van der Waals surface area contributed by atoms with Gasteiger partial charge in [-0.05, 0) is 47.4 Å². The minimum absolute atomic E-state index is 0.0815. The van der Waals surface area contributed by atoms with Crippen molar-refractivity contribution in [1.29, 1.82) is 0 Å². The van der Waals surface area contributed by atoms with E-state index in [1.807, 2.05) is 0 Å². The number of piperidine rings is 1. The molecule has 6 heteroatoms. The van der Waals surface area contributed by atoms with Crippen LogP contribution >= 0.6 is 11.3 Å². The molecule has 0 amide bonds. The molecule has 128 valence electrons. The maximum absolute atomic E-state index is 13.7. The maximum atomic E-state index is 13.7. The van der Waals surface area contributed by atoms with Crippen molar-refractivity contribution in [3.8, 4) is 5.88 Å². The topological polar surface area (TPSA) is 34.6 Å². The third-order valence-electron chi connectivity index (χ3n) is 4.93. The molecular weight excluding hydrogens is 327 g/mol. The van der Waals surface area contributed by atoms with Gasteiger partial charge < -0.3 is 9.47 Å². The molecule has 0 aromatic carbocycles. The van der Waals surface area contributed by atoms with E-state index < -0.39 is 5.82 Å².